The average molecular weight is 290 g/mol. The van der Waals surface area contributed by atoms with Crippen molar-refractivity contribution in [1.29, 1.82) is 0 Å². The Kier molecular flexibility index (Phi) is 9.99. The lowest BCUT2D eigenvalue weighted by Gasteiger charge is -2.02. The molecule has 0 bridgehead atoms. The highest BCUT2D eigenvalue weighted by atomic mass is 14.0. The number of hydrogen-bond acceptors (Lipinski definition) is 0. The Balaban J connectivity index is 0.000000174. The zero-order valence-electron chi connectivity index (χ0n) is 13.7. The van der Waals surface area contributed by atoms with Gasteiger partial charge >= 0.3 is 0 Å². The highest BCUT2D eigenvalue weighted by molar-refractivity contribution is 5.26. The van der Waals surface area contributed by atoms with Crippen molar-refractivity contribution in [1.82, 2.24) is 0 Å². The maximum atomic E-state index is 2.21. The molecule has 0 unspecified atom stereocenters. The van der Waals surface area contributed by atoms with Crippen LogP contribution in [0, 0.1) is 0 Å². The lowest BCUT2D eigenvalue weighted by Crippen LogP contribution is -1.88. The predicted molar refractivity (Wildman–Crippen MR) is 98.1 cm³/mol. The highest BCUT2D eigenvalue weighted by Gasteiger charge is 1.93. The molecule has 0 atom stereocenters. The van der Waals surface area contributed by atoms with Crippen molar-refractivity contribution in [2.75, 3.05) is 0 Å². The second-order valence-corrected chi connectivity index (χ2v) is 4.79. The van der Waals surface area contributed by atoms with Gasteiger partial charge in [0.2, 0.25) is 0 Å². The fourth-order valence-electron chi connectivity index (χ4n) is 2.02. The number of benzene rings is 3. The maximum absolute atomic E-state index is 2.21. The van der Waals surface area contributed by atoms with Gasteiger partial charge in [0.25, 0.3) is 0 Å². The van der Waals surface area contributed by atoms with Gasteiger partial charge in [0.15, 0.2) is 0 Å². The van der Waals surface area contributed by atoms with Crippen LogP contribution in [0.5, 0.6) is 0 Å². The highest BCUT2D eigenvalue weighted by Crippen LogP contribution is 2.08. The fourth-order valence-corrected chi connectivity index (χ4v) is 2.02. The molecule has 0 heterocycles. The standard InChI is InChI=1S/C10H14.2C6H6/c1-3-9-7-5-6-8-10(9)4-2;2*1-2-4-6-5-3-1/h5-8H,3-4H2,1-2H3;2*1-6H. The number of hydrogen-bond donors (Lipinski definition) is 0. The Bertz CT molecular complexity index is 462. The molecule has 3 aromatic carbocycles. The molecule has 0 saturated heterocycles. The smallest absolute Gasteiger partial charge is 0.0305 e. The summed E-state index contributed by atoms with van der Waals surface area (Å²) >= 11 is 0. The van der Waals surface area contributed by atoms with E-state index in [0.29, 0.717) is 0 Å². The van der Waals surface area contributed by atoms with Crippen molar-refractivity contribution in [3.8, 4) is 0 Å². The molecule has 0 heteroatoms. The first-order chi connectivity index (χ1) is 10.9. The third kappa shape index (κ3) is 8.06. The van der Waals surface area contributed by atoms with Crippen molar-refractivity contribution < 1.29 is 0 Å². The molecule has 0 amide bonds. The topological polar surface area (TPSA) is 0 Å². The van der Waals surface area contributed by atoms with E-state index in [-0.39, 0.29) is 0 Å². The van der Waals surface area contributed by atoms with E-state index in [0.717, 1.165) is 12.8 Å². The predicted octanol–water partition coefficient (Wildman–Crippen LogP) is 6.18. The summed E-state index contributed by atoms with van der Waals surface area (Å²) in [4.78, 5) is 0. The van der Waals surface area contributed by atoms with Gasteiger partial charge in [-0.3, -0.25) is 0 Å². The van der Waals surface area contributed by atoms with Crippen LogP contribution in [0.25, 0.3) is 0 Å². The van der Waals surface area contributed by atoms with Crippen molar-refractivity contribution in [2.45, 2.75) is 26.7 Å². The van der Waals surface area contributed by atoms with Crippen LogP contribution in [0.1, 0.15) is 25.0 Å². The first kappa shape index (κ1) is 17.7. The van der Waals surface area contributed by atoms with Gasteiger partial charge in [-0.15, -0.1) is 0 Å². The molecular formula is C22H26. The summed E-state index contributed by atoms with van der Waals surface area (Å²) in [7, 11) is 0. The minimum absolute atomic E-state index is 1.16. The van der Waals surface area contributed by atoms with Crippen LogP contribution in [0.15, 0.2) is 97.1 Å². The normalized spacial score (nSPS) is 8.82. The van der Waals surface area contributed by atoms with E-state index in [1.807, 2.05) is 72.8 Å². The first-order valence-electron chi connectivity index (χ1n) is 7.95. The first-order valence-corrected chi connectivity index (χ1v) is 7.95. The molecule has 0 aliphatic heterocycles. The van der Waals surface area contributed by atoms with Crippen LogP contribution in [-0.2, 0) is 12.8 Å². The van der Waals surface area contributed by atoms with E-state index in [2.05, 4.69) is 38.1 Å². The Hall–Kier alpha value is -2.34. The van der Waals surface area contributed by atoms with Crippen LogP contribution in [-0.4, -0.2) is 0 Å². The van der Waals surface area contributed by atoms with E-state index in [1.165, 1.54) is 11.1 Å². The molecule has 0 aliphatic carbocycles. The second-order valence-electron chi connectivity index (χ2n) is 4.79. The summed E-state index contributed by atoms with van der Waals surface area (Å²) in [6.45, 7) is 4.41. The molecule has 0 aliphatic rings. The van der Waals surface area contributed by atoms with Crippen molar-refractivity contribution >= 4 is 0 Å². The van der Waals surface area contributed by atoms with Gasteiger partial charge in [0, 0.05) is 0 Å². The minimum atomic E-state index is 1.16. The summed E-state index contributed by atoms with van der Waals surface area (Å²) in [5.41, 5.74) is 2.98. The van der Waals surface area contributed by atoms with Gasteiger partial charge in [-0.25, -0.2) is 0 Å². The van der Waals surface area contributed by atoms with Gasteiger partial charge in [0.05, 0.1) is 0 Å². The number of rotatable bonds is 2. The summed E-state index contributed by atoms with van der Waals surface area (Å²) in [5, 5.41) is 0. The lowest BCUT2D eigenvalue weighted by atomic mass is 10.0. The summed E-state index contributed by atoms with van der Waals surface area (Å²) < 4.78 is 0. The lowest BCUT2D eigenvalue weighted by molar-refractivity contribution is 1.04. The van der Waals surface area contributed by atoms with Gasteiger partial charge < -0.3 is 0 Å². The summed E-state index contributed by atoms with van der Waals surface area (Å²) in [6, 6.07) is 32.6. The molecule has 0 aromatic heterocycles. The summed E-state index contributed by atoms with van der Waals surface area (Å²) in [6.07, 6.45) is 2.31. The quantitative estimate of drug-likeness (QED) is 0.528. The molecule has 0 nitrogen and oxygen atoms in total. The minimum Gasteiger partial charge on any atom is -0.0623 e. The van der Waals surface area contributed by atoms with E-state index < -0.39 is 0 Å². The van der Waals surface area contributed by atoms with E-state index in [9.17, 15) is 0 Å². The van der Waals surface area contributed by atoms with Crippen LogP contribution in [0.3, 0.4) is 0 Å². The van der Waals surface area contributed by atoms with Crippen LogP contribution in [0.4, 0.5) is 0 Å². The Morgan fingerprint density at radius 2 is 0.636 bits per heavy atom. The molecule has 0 saturated carbocycles. The van der Waals surface area contributed by atoms with Crippen LogP contribution < -0.4 is 0 Å². The zero-order chi connectivity index (χ0) is 15.9. The fraction of sp³-hybridized carbons (Fsp3) is 0.182. The van der Waals surface area contributed by atoms with E-state index >= 15 is 0 Å². The van der Waals surface area contributed by atoms with Gasteiger partial charge in [-0.2, -0.15) is 0 Å². The second kappa shape index (κ2) is 12.4. The van der Waals surface area contributed by atoms with E-state index in [1.54, 1.807) is 0 Å². The molecule has 3 aromatic rings. The monoisotopic (exact) mass is 290 g/mol. The summed E-state index contributed by atoms with van der Waals surface area (Å²) in [5.74, 6) is 0. The van der Waals surface area contributed by atoms with Gasteiger partial charge in [-0.1, -0.05) is 111 Å². The molecule has 3 rings (SSSR count). The number of aryl methyl sites for hydroxylation is 2. The molecule has 0 fully saturated rings. The van der Waals surface area contributed by atoms with Gasteiger partial charge in [-0.05, 0) is 24.0 Å². The Morgan fingerprint density at radius 3 is 0.818 bits per heavy atom. The third-order valence-electron chi connectivity index (χ3n) is 3.21. The Labute approximate surface area is 135 Å². The molecule has 22 heavy (non-hydrogen) atoms. The van der Waals surface area contributed by atoms with Crippen LogP contribution >= 0.6 is 0 Å². The maximum Gasteiger partial charge on any atom is -0.0305 e. The zero-order valence-corrected chi connectivity index (χ0v) is 13.7. The molecule has 114 valence electrons. The third-order valence-corrected chi connectivity index (χ3v) is 3.21. The SMILES string of the molecule is CCc1ccccc1CC.c1ccccc1.c1ccccc1. The van der Waals surface area contributed by atoms with Crippen molar-refractivity contribution in [3.63, 3.8) is 0 Å². The molecular weight excluding hydrogens is 264 g/mol. The van der Waals surface area contributed by atoms with Crippen LogP contribution in [0.2, 0.25) is 0 Å². The van der Waals surface area contributed by atoms with Crippen molar-refractivity contribution in [3.05, 3.63) is 108 Å². The molecule has 0 radical (unpaired) electrons. The average Bonchev–Trinajstić information content (AvgIpc) is 2.65. The largest absolute Gasteiger partial charge is 0.0623 e. The van der Waals surface area contributed by atoms with E-state index in [4.69, 9.17) is 0 Å². The molecule has 0 N–H and O–H groups in total. The van der Waals surface area contributed by atoms with Gasteiger partial charge in [0.1, 0.15) is 0 Å². The van der Waals surface area contributed by atoms with Crippen molar-refractivity contribution in [2.24, 2.45) is 0 Å². The molecule has 0 spiro atoms. The Morgan fingerprint density at radius 1 is 0.409 bits per heavy atom.